The van der Waals surface area contributed by atoms with Crippen molar-refractivity contribution in [3.05, 3.63) is 77.4 Å². The third-order valence-electron chi connectivity index (χ3n) is 3.55. The number of carbonyl (C=O) groups excluding carboxylic acids is 1. The van der Waals surface area contributed by atoms with Gasteiger partial charge in [-0.1, -0.05) is 41.6 Å². The second kappa shape index (κ2) is 6.83. The maximum absolute atomic E-state index is 12.3. The molecule has 1 N–H and O–H groups in total. The number of pyridine rings is 1. The Morgan fingerprint density at radius 2 is 1.91 bits per heavy atom. The molecule has 0 atom stereocenters. The maximum Gasteiger partial charge on any atom is 0.274 e. The van der Waals surface area contributed by atoms with Gasteiger partial charge in [0.05, 0.1) is 12.2 Å². The van der Waals surface area contributed by atoms with E-state index < -0.39 is 0 Å². The summed E-state index contributed by atoms with van der Waals surface area (Å²) in [6.45, 7) is 2.86. The fraction of sp³-hybridized carbons (Fsp3) is 0.176. The predicted octanol–water partition coefficient (Wildman–Crippen LogP) is 1.96. The van der Waals surface area contributed by atoms with Crippen LogP contribution in [0.25, 0.3) is 0 Å². The van der Waals surface area contributed by atoms with E-state index in [9.17, 15) is 4.79 Å². The van der Waals surface area contributed by atoms with E-state index in [1.54, 1.807) is 17.1 Å². The number of rotatable bonds is 5. The van der Waals surface area contributed by atoms with Crippen molar-refractivity contribution in [2.24, 2.45) is 0 Å². The second-order valence-electron chi connectivity index (χ2n) is 5.21. The fourth-order valence-electron chi connectivity index (χ4n) is 2.25. The number of nitrogens with one attached hydrogen (secondary N) is 1. The molecule has 23 heavy (non-hydrogen) atoms. The smallest absolute Gasteiger partial charge is 0.274 e. The Hall–Kier alpha value is -3.02. The lowest BCUT2D eigenvalue weighted by Crippen LogP contribution is -2.24. The van der Waals surface area contributed by atoms with Crippen LogP contribution in [0.1, 0.15) is 27.3 Å². The lowest BCUT2D eigenvalue weighted by Gasteiger charge is -2.05. The van der Waals surface area contributed by atoms with E-state index in [-0.39, 0.29) is 5.91 Å². The highest BCUT2D eigenvalue weighted by atomic mass is 16.2. The van der Waals surface area contributed by atoms with Gasteiger partial charge in [0.15, 0.2) is 5.69 Å². The summed E-state index contributed by atoms with van der Waals surface area (Å²) in [7, 11) is 0. The summed E-state index contributed by atoms with van der Waals surface area (Å²) in [6.07, 6.45) is 3.42. The van der Waals surface area contributed by atoms with E-state index in [1.165, 1.54) is 0 Å². The second-order valence-corrected chi connectivity index (χ2v) is 5.21. The number of amides is 1. The van der Waals surface area contributed by atoms with Crippen LogP contribution in [0.3, 0.4) is 0 Å². The first-order valence-electron chi connectivity index (χ1n) is 7.35. The van der Waals surface area contributed by atoms with Crippen LogP contribution < -0.4 is 5.32 Å². The minimum Gasteiger partial charge on any atom is -0.346 e. The van der Waals surface area contributed by atoms with E-state index in [2.05, 4.69) is 20.6 Å². The van der Waals surface area contributed by atoms with Crippen molar-refractivity contribution in [3.8, 4) is 0 Å². The van der Waals surface area contributed by atoms with Gasteiger partial charge in [0.25, 0.3) is 5.91 Å². The number of aromatic nitrogens is 4. The van der Waals surface area contributed by atoms with Gasteiger partial charge in [0, 0.05) is 18.9 Å². The van der Waals surface area contributed by atoms with Gasteiger partial charge in [-0.25, -0.2) is 4.68 Å². The Kier molecular flexibility index (Phi) is 4.42. The van der Waals surface area contributed by atoms with Crippen molar-refractivity contribution in [2.75, 3.05) is 0 Å². The van der Waals surface area contributed by atoms with Gasteiger partial charge in [-0.15, -0.1) is 5.10 Å². The molecule has 0 aliphatic carbocycles. The molecule has 2 aromatic heterocycles. The third kappa shape index (κ3) is 3.60. The molecule has 0 aliphatic rings. The van der Waals surface area contributed by atoms with Crippen LogP contribution in [0, 0.1) is 6.92 Å². The first-order valence-corrected chi connectivity index (χ1v) is 7.35. The first-order chi connectivity index (χ1) is 11.2. The molecule has 6 nitrogen and oxygen atoms in total. The highest BCUT2D eigenvalue weighted by Gasteiger charge is 2.16. The lowest BCUT2D eigenvalue weighted by molar-refractivity contribution is 0.0945. The molecule has 0 saturated heterocycles. The average Bonchev–Trinajstić information content (AvgIpc) is 2.95. The molecule has 0 saturated carbocycles. The first kappa shape index (κ1) is 14.9. The van der Waals surface area contributed by atoms with Gasteiger partial charge in [0.2, 0.25) is 0 Å². The fourth-order valence-corrected chi connectivity index (χ4v) is 2.25. The number of nitrogens with zero attached hydrogens (tertiary/aromatic N) is 4. The molecule has 0 unspecified atom stereocenters. The van der Waals surface area contributed by atoms with E-state index in [0.29, 0.717) is 18.8 Å². The molecule has 116 valence electrons. The van der Waals surface area contributed by atoms with Crippen LogP contribution in [-0.4, -0.2) is 25.9 Å². The van der Waals surface area contributed by atoms with Crippen LogP contribution in [0.15, 0.2) is 54.9 Å². The largest absolute Gasteiger partial charge is 0.346 e. The van der Waals surface area contributed by atoms with Gasteiger partial charge in [-0.05, 0) is 24.1 Å². The van der Waals surface area contributed by atoms with E-state index in [1.807, 2.05) is 49.4 Å². The van der Waals surface area contributed by atoms with Crippen molar-refractivity contribution in [1.29, 1.82) is 0 Å². The Morgan fingerprint density at radius 1 is 1.13 bits per heavy atom. The van der Waals surface area contributed by atoms with Crippen molar-refractivity contribution < 1.29 is 4.79 Å². The summed E-state index contributed by atoms with van der Waals surface area (Å²) in [5, 5.41) is 10.9. The molecule has 0 aliphatic heterocycles. The van der Waals surface area contributed by atoms with Crippen molar-refractivity contribution >= 4 is 5.91 Å². The molecule has 1 aromatic carbocycles. The maximum atomic E-state index is 12.3. The van der Waals surface area contributed by atoms with E-state index >= 15 is 0 Å². The molecule has 0 bridgehead atoms. The highest BCUT2D eigenvalue weighted by molar-refractivity contribution is 5.93. The molecule has 0 radical (unpaired) electrons. The summed E-state index contributed by atoms with van der Waals surface area (Å²) in [6, 6.07) is 13.7. The average molecular weight is 307 g/mol. The zero-order chi connectivity index (χ0) is 16.1. The number of hydrogen-bond acceptors (Lipinski definition) is 4. The monoisotopic (exact) mass is 307 g/mol. The van der Waals surface area contributed by atoms with Crippen molar-refractivity contribution in [1.82, 2.24) is 25.3 Å². The van der Waals surface area contributed by atoms with Gasteiger partial charge < -0.3 is 5.32 Å². The zero-order valence-electron chi connectivity index (χ0n) is 12.8. The van der Waals surface area contributed by atoms with Crippen LogP contribution in [0.5, 0.6) is 0 Å². The van der Waals surface area contributed by atoms with Crippen LogP contribution >= 0.6 is 0 Å². The summed E-state index contributed by atoms with van der Waals surface area (Å²) in [5.41, 5.74) is 3.15. The molecule has 3 aromatic rings. The molecule has 3 rings (SSSR count). The summed E-state index contributed by atoms with van der Waals surface area (Å²) in [4.78, 5) is 16.3. The number of benzene rings is 1. The third-order valence-corrected chi connectivity index (χ3v) is 3.55. The van der Waals surface area contributed by atoms with Gasteiger partial charge in [0.1, 0.15) is 0 Å². The van der Waals surface area contributed by atoms with Crippen LogP contribution in [0.2, 0.25) is 0 Å². The van der Waals surface area contributed by atoms with Crippen molar-refractivity contribution in [2.45, 2.75) is 20.0 Å². The number of carbonyl (C=O) groups is 1. The normalized spacial score (nSPS) is 10.5. The van der Waals surface area contributed by atoms with Gasteiger partial charge in [-0.3, -0.25) is 9.78 Å². The molecule has 6 heteroatoms. The van der Waals surface area contributed by atoms with Gasteiger partial charge in [-0.2, -0.15) is 0 Å². The molecule has 1 amide bonds. The zero-order valence-corrected chi connectivity index (χ0v) is 12.8. The summed E-state index contributed by atoms with van der Waals surface area (Å²) < 4.78 is 1.73. The standard InChI is InChI=1S/C17H17N5O/c1-13-16(17(23)19-11-15-8-5-9-18-10-15)20-21-22(13)12-14-6-3-2-4-7-14/h2-10H,11-12H2,1H3,(H,19,23). The summed E-state index contributed by atoms with van der Waals surface area (Å²) >= 11 is 0. The van der Waals surface area contributed by atoms with Gasteiger partial charge >= 0.3 is 0 Å². The SMILES string of the molecule is Cc1c(C(=O)NCc2cccnc2)nnn1Cc1ccccc1. The topological polar surface area (TPSA) is 72.7 Å². The minimum atomic E-state index is -0.231. The molecule has 2 heterocycles. The van der Waals surface area contributed by atoms with E-state index in [0.717, 1.165) is 16.8 Å². The van der Waals surface area contributed by atoms with E-state index in [4.69, 9.17) is 0 Å². The Morgan fingerprint density at radius 3 is 2.65 bits per heavy atom. The molecule has 0 spiro atoms. The number of hydrogen-bond donors (Lipinski definition) is 1. The van der Waals surface area contributed by atoms with Crippen molar-refractivity contribution in [3.63, 3.8) is 0 Å². The summed E-state index contributed by atoms with van der Waals surface area (Å²) in [5.74, 6) is -0.231. The van der Waals surface area contributed by atoms with Crippen LogP contribution in [-0.2, 0) is 13.1 Å². The Balaban J connectivity index is 1.67. The minimum absolute atomic E-state index is 0.231. The molecular weight excluding hydrogens is 290 g/mol. The lowest BCUT2D eigenvalue weighted by atomic mass is 10.2. The highest BCUT2D eigenvalue weighted by Crippen LogP contribution is 2.08. The Bertz CT molecular complexity index is 783. The van der Waals surface area contributed by atoms with Crippen LogP contribution in [0.4, 0.5) is 0 Å². The Labute approximate surface area is 134 Å². The molecule has 0 fully saturated rings. The molecular formula is C17H17N5O. The quantitative estimate of drug-likeness (QED) is 0.782. The predicted molar refractivity (Wildman–Crippen MR) is 85.7 cm³/mol.